The molecule has 0 aliphatic heterocycles. The number of carbonyl (C=O) groups excluding carboxylic acids is 3. The molecule has 0 saturated heterocycles. The van der Waals surface area contributed by atoms with Gasteiger partial charge in [-0.2, -0.15) is 0 Å². The Bertz CT molecular complexity index is 920. The molecule has 2 aromatic rings. The average molecular weight is 394 g/mol. The highest BCUT2D eigenvalue weighted by Crippen LogP contribution is 2.16. The molecule has 29 heavy (non-hydrogen) atoms. The Labute approximate surface area is 171 Å². The molecular formula is C23H26N2O4. The number of hydrogen-bond donors (Lipinski definition) is 2. The fraction of sp³-hybridized carbons (Fsp3) is 0.261. The van der Waals surface area contributed by atoms with Crippen molar-refractivity contribution in [3.05, 3.63) is 76.5 Å². The molecule has 0 heterocycles. The van der Waals surface area contributed by atoms with E-state index < -0.39 is 24.4 Å². The van der Waals surface area contributed by atoms with Crippen LogP contribution in [-0.2, 0) is 19.1 Å². The van der Waals surface area contributed by atoms with E-state index >= 15 is 0 Å². The second-order valence-electron chi connectivity index (χ2n) is 6.86. The molecule has 0 unspecified atom stereocenters. The molecule has 0 radical (unpaired) electrons. The summed E-state index contributed by atoms with van der Waals surface area (Å²) in [6, 6.07) is 14.8. The molecule has 6 nitrogen and oxygen atoms in total. The Morgan fingerprint density at radius 3 is 2.34 bits per heavy atom. The average Bonchev–Trinajstić information content (AvgIpc) is 2.68. The van der Waals surface area contributed by atoms with Gasteiger partial charge in [-0.05, 0) is 49.1 Å². The van der Waals surface area contributed by atoms with E-state index in [9.17, 15) is 14.4 Å². The zero-order valence-electron chi connectivity index (χ0n) is 17.1. The van der Waals surface area contributed by atoms with Crippen molar-refractivity contribution >= 4 is 23.9 Å². The zero-order valence-corrected chi connectivity index (χ0v) is 17.1. The first-order chi connectivity index (χ1) is 13.8. The minimum atomic E-state index is -0.780. The van der Waals surface area contributed by atoms with Crippen molar-refractivity contribution < 1.29 is 19.1 Å². The summed E-state index contributed by atoms with van der Waals surface area (Å²) in [5.74, 6) is -1.61. The topological polar surface area (TPSA) is 84.5 Å². The van der Waals surface area contributed by atoms with Gasteiger partial charge in [0, 0.05) is 6.92 Å². The lowest BCUT2D eigenvalue weighted by atomic mass is 10.0. The quantitative estimate of drug-likeness (QED) is 0.558. The Kier molecular flexibility index (Phi) is 7.71. The third kappa shape index (κ3) is 6.92. The van der Waals surface area contributed by atoms with Crippen LogP contribution in [0.25, 0.3) is 6.08 Å². The Balaban J connectivity index is 1.97. The highest BCUT2D eigenvalue weighted by Gasteiger charge is 2.16. The van der Waals surface area contributed by atoms with E-state index in [0.29, 0.717) is 0 Å². The second kappa shape index (κ2) is 10.2. The van der Waals surface area contributed by atoms with E-state index in [1.165, 1.54) is 18.6 Å². The summed E-state index contributed by atoms with van der Waals surface area (Å²) in [5, 5.41) is 5.25. The predicted molar refractivity (Wildman–Crippen MR) is 112 cm³/mol. The van der Waals surface area contributed by atoms with E-state index in [1.807, 2.05) is 57.2 Å². The minimum absolute atomic E-state index is 0.0290. The summed E-state index contributed by atoms with van der Waals surface area (Å²) in [7, 11) is 0. The maximum absolute atomic E-state index is 12.3. The smallest absolute Gasteiger partial charge is 0.355 e. The molecule has 152 valence electrons. The number of amides is 2. The Morgan fingerprint density at radius 1 is 1.03 bits per heavy atom. The molecule has 2 aromatic carbocycles. The molecule has 0 aliphatic rings. The van der Waals surface area contributed by atoms with Crippen LogP contribution in [0.3, 0.4) is 0 Å². The van der Waals surface area contributed by atoms with Crippen LogP contribution in [0.1, 0.15) is 42.1 Å². The van der Waals surface area contributed by atoms with E-state index in [1.54, 1.807) is 12.1 Å². The summed E-state index contributed by atoms with van der Waals surface area (Å²) in [6.07, 6.45) is 1.50. The van der Waals surface area contributed by atoms with Gasteiger partial charge < -0.3 is 15.4 Å². The van der Waals surface area contributed by atoms with Crippen LogP contribution in [0.2, 0.25) is 0 Å². The first-order valence-electron chi connectivity index (χ1n) is 9.34. The van der Waals surface area contributed by atoms with Gasteiger partial charge >= 0.3 is 5.97 Å². The van der Waals surface area contributed by atoms with Crippen LogP contribution in [0.5, 0.6) is 0 Å². The maximum Gasteiger partial charge on any atom is 0.355 e. The fourth-order valence-electron chi connectivity index (χ4n) is 2.66. The van der Waals surface area contributed by atoms with E-state index in [0.717, 1.165) is 16.7 Å². The van der Waals surface area contributed by atoms with Crippen molar-refractivity contribution in [3.63, 3.8) is 0 Å². The second-order valence-corrected chi connectivity index (χ2v) is 6.86. The predicted octanol–water partition coefficient (Wildman–Crippen LogP) is 3.20. The van der Waals surface area contributed by atoms with Gasteiger partial charge in [0.15, 0.2) is 6.61 Å². The lowest BCUT2D eigenvalue weighted by Crippen LogP contribution is -2.33. The van der Waals surface area contributed by atoms with Crippen molar-refractivity contribution in [1.82, 2.24) is 10.6 Å². The summed E-state index contributed by atoms with van der Waals surface area (Å²) in [5.41, 5.74) is 3.98. The van der Waals surface area contributed by atoms with Gasteiger partial charge in [-0.1, -0.05) is 48.5 Å². The van der Waals surface area contributed by atoms with E-state index in [2.05, 4.69) is 10.6 Å². The highest BCUT2D eigenvalue weighted by atomic mass is 16.5. The van der Waals surface area contributed by atoms with Crippen LogP contribution < -0.4 is 10.6 Å². The fourth-order valence-corrected chi connectivity index (χ4v) is 2.66. The van der Waals surface area contributed by atoms with Crippen LogP contribution in [0.4, 0.5) is 0 Å². The van der Waals surface area contributed by atoms with Crippen molar-refractivity contribution in [2.45, 2.75) is 33.7 Å². The monoisotopic (exact) mass is 394 g/mol. The van der Waals surface area contributed by atoms with Gasteiger partial charge in [0.05, 0.1) is 6.04 Å². The molecular weight excluding hydrogens is 368 g/mol. The number of nitrogens with one attached hydrogen (secondary N) is 2. The van der Waals surface area contributed by atoms with Crippen LogP contribution >= 0.6 is 0 Å². The molecule has 0 aromatic heterocycles. The SMILES string of the molecule is CC(=O)N/C(=C\c1ccccc1)C(=O)OCC(=O)N[C@@H](C)c1ccc(C)c(C)c1. The number of benzene rings is 2. The van der Waals surface area contributed by atoms with Gasteiger partial charge in [-0.15, -0.1) is 0 Å². The summed E-state index contributed by atoms with van der Waals surface area (Å²) in [6.45, 7) is 6.75. The highest BCUT2D eigenvalue weighted by molar-refractivity contribution is 5.98. The molecule has 2 rings (SSSR count). The number of carbonyl (C=O) groups is 3. The molecule has 0 aliphatic carbocycles. The molecule has 0 bridgehead atoms. The first kappa shape index (κ1) is 21.9. The van der Waals surface area contributed by atoms with Crippen molar-refractivity contribution in [2.75, 3.05) is 6.61 Å². The van der Waals surface area contributed by atoms with Crippen LogP contribution in [0.15, 0.2) is 54.2 Å². The number of rotatable bonds is 7. The van der Waals surface area contributed by atoms with Crippen molar-refractivity contribution in [1.29, 1.82) is 0 Å². The van der Waals surface area contributed by atoms with Gasteiger partial charge in [-0.3, -0.25) is 9.59 Å². The van der Waals surface area contributed by atoms with Crippen LogP contribution in [-0.4, -0.2) is 24.4 Å². The van der Waals surface area contributed by atoms with Gasteiger partial charge in [0.1, 0.15) is 5.70 Å². The van der Waals surface area contributed by atoms with E-state index in [-0.39, 0.29) is 11.7 Å². The molecule has 6 heteroatoms. The number of hydrogen-bond acceptors (Lipinski definition) is 4. The standard InChI is InChI=1S/C23H26N2O4/c1-15-10-11-20(12-16(15)2)17(3)24-22(27)14-29-23(28)21(25-18(4)26)13-19-8-6-5-7-9-19/h5-13,17H,14H2,1-4H3,(H,24,27)(H,25,26)/b21-13-/t17-/m0/s1. The number of ether oxygens (including phenoxy) is 1. The lowest BCUT2D eigenvalue weighted by molar-refractivity contribution is -0.145. The molecule has 1 atom stereocenters. The van der Waals surface area contributed by atoms with Gasteiger partial charge in [0.2, 0.25) is 5.91 Å². The summed E-state index contributed by atoms with van der Waals surface area (Å²) < 4.78 is 5.08. The van der Waals surface area contributed by atoms with Gasteiger partial charge in [-0.25, -0.2) is 4.79 Å². The normalized spacial score (nSPS) is 12.1. The first-order valence-corrected chi connectivity index (χ1v) is 9.34. The lowest BCUT2D eigenvalue weighted by Gasteiger charge is -2.16. The molecule has 2 amide bonds. The maximum atomic E-state index is 12.3. The molecule has 0 spiro atoms. The summed E-state index contributed by atoms with van der Waals surface area (Å²) in [4.78, 5) is 35.9. The Morgan fingerprint density at radius 2 is 1.72 bits per heavy atom. The summed E-state index contributed by atoms with van der Waals surface area (Å²) >= 11 is 0. The molecule has 0 saturated carbocycles. The largest absolute Gasteiger partial charge is 0.451 e. The van der Waals surface area contributed by atoms with Crippen molar-refractivity contribution in [3.8, 4) is 0 Å². The third-order valence-electron chi connectivity index (χ3n) is 4.38. The molecule has 0 fully saturated rings. The Hall–Kier alpha value is -3.41. The number of aryl methyl sites for hydroxylation is 2. The van der Waals surface area contributed by atoms with Gasteiger partial charge in [0.25, 0.3) is 5.91 Å². The zero-order chi connectivity index (χ0) is 21.4. The third-order valence-corrected chi connectivity index (χ3v) is 4.38. The molecule has 2 N–H and O–H groups in total. The van der Waals surface area contributed by atoms with Crippen LogP contribution in [0, 0.1) is 13.8 Å². The minimum Gasteiger partial charge on any atom is -0.451 e. The van der Waals surface area contributed by atoms with Crippen molar-refractivity contribution in [2.24, 2.45) is 0 Å². The number of esters is 1. The van der Waals surface area contributed by atoms with E-state index in [4.69, 9.17) is 4.74 Å².